The van der Waals surface area contributed by atoms with Crippen molar-refractivity contribution >= 4 is 5.97 Å². The topological polar surface area (TPSA) is 26.3 Å². The van der Waals surface area contributed by atoms with Crippen molar-refractivity contribution in [2.75, 3.05) is 6.61 Å². The van der Waals surface area contributed by atoms with Crippen molar-refractivity contribution in [3.63, 3.8) is 0 Å². The van der Waals surface area contributed by atoms with Crippen molar-refractivity contribution < 1.29 is 9.53 Å². The van der Waals surface area contributed by atoms with Crippen LogP contribution in [0.4, 0.5) is 0 Å². The Bertz CT molecular complexity index is 260. The third-order valence-corrected chi connectivity index (χ3v) is 2.09. The van der Waals surface area contributed by atoms with Gasteiger partial charge in [0, 0.05) is 0 Å². The van der Waals surface area contributed by atoms with Gasteiger partial charge >= 0.3 is 5.97 Å². The van der Waals surface area contributed by atoms with Gasteiger partial charge in [-0.15, -0.1) is 0 Å². The lowest BCUT2D eigenvalue weighted by molar-refractivity contribution is -0.146. The van der Waals surface area contributed by atoms with Gasteiger partial charge in [-0.2, -0.15) is 0 Å². The molecule has 0 N–H and O–H groups in total. The van der Waals surface area contributed by atoms with E-state index in [0.29, 0.717) is 12.5 Å². The minimum absolute atomic E-state index is 0.0467. The van der Waals surface area contributed by atoms with Gasteiger partial charge in [-0.05, 0) is 25.3 Å². The van der Waals surface area contributed by atoms with Crippen LogP contribution in [0.3, 0.4) is 0 Å². The molecule has 2 nitrogen and oxygen atoms in total. The first-order valence-corrected chi connectivity index (χ1v) is 5.92. The Labute approximate surface area is 99.4 Å². The molecule has 0 radical (unpaired) electrons. The summed E-state index contributed by atoms with van der Waals surface area (Å²) in [5.74, 6) is 0.405. The highest BCUT2D eigenvalue weighted by atomic mass is 16.5. The molecule has 0 rings (SSSR count). The van der Waals surface area contributed by atoms with Crippen LogP contribution in [-0.2, 0) is 9.53 Å². The molecule has 16 heavy (non-hydrogen) atoms. The van der Waals surface area contributed by atoms with Crippen molar-refractivity contribution in [1.29, 1.82) is 0 Å². The second kappa shape index (κ2) is 8.14. The van der Waals surface area contributed by atoms with Gasteiger partial charge in [0.2, 0.25) is 0 Å². The zero-order chi connectivity index (χ0) is 12.6. The highest BCUT2D eigenvalue weighted by molar-refractivity contribution is 5.71. The molecule has 2 heteroatoms. The largest absolute Gasteiger partial charge is 0.461 e. The van der Waals surface area contributed by atoms with Crippen LogP contribution in [0.15, 0.2) is 23.8 Å². The fourth-order valence-electron chi connectivity index (χ4n) is 1.04. The Morgan fingerprint density at radius 3 is 2.38 bits per heavy atom. The molecule has 0 bridgehead atoms. The quantitative estimate of drug-likeness (QED) is 0.507. The third kappa shape index (κ3) is 8.27. The number of rotatable bonds is 6. The molecule has 0 aromatic carbocycles. The number of allylic oxidation sites excluding steroid dienone is 3. The lowest BCUT2D eigenvalue weighted by Crippen LogP contribution is -2.11. The average molecular weight is 224 g/mol. The molecule has 0 aromatic heterocycles. The molecule has 0 spiro atoms. The molecular weight excluding hydrogens is 200 g/mol. The summed E-state index contributed by atoms with van der Waals surface area (Å²) in [5, 5.41) is 0. The van der Waals surface area contributed by atoms with E-state index in [0.717, 1.165) is 6.42 Å². The molecule has 0 amide bonds. The summed E-state index contributed by atoms with van der Waals surface area (Å²) in [6.07, 6.45) is 7.22. The number of hydrogen-bond acceptors (Lipinski definition) is 2. The second-order valence-corrected chi connectivity index (χ2v) is 4.71. The first-order valence-electron chi connectivity index (χ1n) is 5.92. The molecule has 0 aliphatic rings. The van der Waals surface area contributed by atoms with Crippen molar-refractivity contribution in [3.05, 3.63) is 23.8 Å². The summed E-state index contributed by atoms with van der Waals surface area (Å²) < 4.78 is 5.06. The Hall–Kier alpha value is -1.05. The highest BCUT2D eigenvalue weighted by Crippen LogP contribution is 2.04. The van der Waals surface area contributed by atoms with Crippen molar-refractivity contribution in [3.8, 4) is 0 Å². The Kier molecular flexibility index (Phi) is 7.61. The van der Waals surface area contributed by atoms with Crippen molar-refractivity contribution in [2.45, 2.75) is 41.0 Å². The highest BCUT2D eigenvalue weighted by Gasteiger charge is 2.06. The van der Waals surface area contributed by atoms with Crippen LogP contribution in [0.1, 0.15) is 41.0 Å². The zero-order valence-electron chi connectivity index (χ0n) is 11.1. The van der Waals surface area contributed by atoms with Gasteiger partial charge in [0.1, 0.15) is 6.61 Å². The van der Waals surface area contributed by atoms with Crippen LogP contribution in [0.2, 0.25) is 0 Å². The molecule has 0 aromatic rings. The van der Waals surface area contributed by atoms with E-state index in [2.05, 4.69) is 26.0 Å². The number of carbonyl (C=O) groups excluding carboxylic acids is 1. The van der Waals surface area contributed by atoms with E-state index in [1.165, 1.54) is 5.57 Å². The zero-order valence-corrected chi connectivity index (χ0v) is 11.1. The molecule has 92 valence electrons. The summed E-state index contributed by atoms with van der Waals surface area (Å²) in [6, 6.07) is 0. The van der Waals surface area contributed by atoms with Crippen LogP contribution in [0.5, 0.6) is 0 Å². The predicted molar refractivity (Wildman–Crippen MR) is 68.1 cm³/mol. The maximum absolute atomic E-state index is 11.2. The van der Waals surface area contributed by atoms with E-state index in [1.54, 1.807) is 0 Å². The SMILES string of the molecule is C/C(=C\COC(=O)C(C)C)C/C=C/C(C)C. The standard InChI is InChI=1S/C14H24O2/c1-11(2)7-6-8-13(5)9-10-16-14(15)12(3)4/h6-7,9,11-12H,8,10H2,1-5H3/b7-6+,13-9+. The molecule has 0 unspecified atom stereocenters. The molecule has 0 saturated heterocycles. The number of esters is 1. The van der Waals surface area contributed by atoms with Crippen LogP contribution in [0.25, 0.3) is 0 Å². The van der Waals surface area contributed by atoms with Gasteiger partial charge < -0.3 is 4.74 Å². The first-order chi connectivity index (χ1) is 7.43. The van der Waals surface area contributed by atoms with Gasteiger partial charge in [-0.1, -0.05) is 45.4 Å². The predicted octanol–water partition coefficient (Wildman–Crippen LogP) is 3.73. The molecular formula is C14H24O2. The van der Waals surface area contributed by atoms with Gasteiger partial charge in [-0.25, -0.2) is 0 Å². The van der Waals surface area contributed by atoms with Crippen molar-refractivity contribution in [2.24, 2.45) is 11.8 Å². The number of ether oxygens (including phenoxy) is 1. The summed E-state index contributed by atoms with van der Waals surface area (Å²) in [7, 11) is 0. The van der Waals surface area contributed by atoms with E-state index in [4.69, 9.17) is 4.74 Å². The summed E-state index contributed by atoms with van der Waals surface area (Å²) in [6.45, 7) is 10.4. The van der Waals surface area contributed by atoms with Crippen LogP contribution in [0, 0.1) is 11.8 Å². The fourth-order valence-corrected chi connectivity index (χ4v) is 1.04. The van der Waals surface area contributed by atoms with Crippen LogP contribution >= 0.6 is 0 Å². The van der Waals surface area contributed by atoms with Gasteiger partial charge in [0.15, 0.2) is 0 Å². The minimum atomic E-state index is -0.137. The Morgan fingerprint density at radius 1 is 1.25 bits per heavy atom. The average Bonchev–Trinajstić information content (AvgIpc) is 2.16. The van der Waals surface area contributed by atoms with E-state index >= 15 is 0 Å². The smallest absolute Gasteiger partial charge is 0.308 e. The van der Waals surface area contributed by atoms with E-state index in [-0.39, 0.29) is 11.9 Å². The number of hydrogen-bond donors (Lipinski definition) is 0. The Balaban J connectivity index is 3.83. The normalized spacial score (nSPS) is 12.8. The molecule has 0 heterocycles. The maximum Gasteiger partial charge on any atom is 0.308 e. The minimum Gasteiger partial charge on any atom is -0.461 e. The van der Waals surface area contributed by atoms with Gasteiger partial charge in [-0.3, -0.25) is 4.79 Å². The molecule has 0 atom stereocenters. The maximum atomic E-state index is 11.2. The fraction of sp³-hybridized carbons (Fsp3) is 0.643. The molecule has 0 aliphatic heterocycles. The first kappa shape index (κ1) is 14.9. The second-order valence-electron chi connectivity index (χ2n) is 4.71. The van der Waals surface area contributed by atoms with Crippen LogP contribution in [-0.4, -0.2) is 12.6 Å². The van der Waals surface area contributed by atoms with Crippen LogP contribution < -0.4 is 0 Å². The van der Waals surface area contributed by atoms with E-state index < -0.39 is 0 Å². The molecule has 0 aliphatic carbocycles. The summed E-state index contributed by atoms with van der Waals surface area (Å²) in [5.41, 5.74) is 1.23. The lowest BCUT2D eigenvalue weighted by atomic mass is 10.1. The Morgan fingerprint density at radius 2 is 1.88 bits per heavy atom. The van der Waals surface area contributed by atoms with Gasteiger partial charge in [0.05, 0.1) is 5.92 Å². The summed E-state index contributed by atoms with van der Waals surface area (Å²) in [4.78, 5) is 11.2. The molecule has 0 saturated carbocycles. The monoisotopic (exact) mass is 224 g/mol. The van der Waals surface area contributed by atoms with E-state index in [9.17, 15) is 4.79 Å². The third-order valence-electron chi connectivity index (χ3n) is 2.09. The lowest BCUT2D eigenvalue weighted by Gasteiger charge is -2.04. The van der Waals surface area contributed by atoms with Gasteiger partial charge in [0.25, 0.3) is 0 Å². The molecule has 0 fully saturated rings. The summed E-state index contributed by atoms with van der Waals surface area (Å²) >= 11 is 0. The van der Waals surface area contributed by atoms with E-state index in [1.807, 2.05) is 26.8 Å². The number of carbonyl (C=O) groups is 1. The van der Waals surface area contributed by atoms with Crippen molar-refractivity contribution in [1.82, 2.24) is 0 Å².